The summed E-state index contributed by atoms with van der Waals surface area (Å²) in [6.45, 7) is 4.81. The summed E-state index contributed by atoms with van der Waals surface area (Å²) in [6.07, 6.45) is 6.40. The molecule has 1 aliphatic carbocycles. The summed E-state index contributed by atoms with van der Waals surface area (Å²) in [5.41, 5.74) is -0.188. The zero-order chi connectivity index (χ0) is 21.6. The van der Waals surface area contributed by atoms with Crippen molar-refractivity contribution >= 4 is 28.6 Å². The van der Waals surface area contributed by atoms with Gasteiger partial charge in [-0.1, -0.05) is 63.4 Å². The van der Waals surface area contributed by atoms with Crippen LogP contribution in [0.3, 0.4) is 0 Å². The van der Waals surface area contributed by atoms with Crippen LogP contribution >= 0.6 is 11.8 Å². The van der Waals surface area contributed by atoms with Crippen LogP contribution in [0.25, 0.3) is 10.9 Å². The molecule has 7 heteroatoms. The fourth-order valence-corrected chi connectivity index (χ4v) is 4.70. The topological polar surface area (TPSA) is 87.8 Å². The molecule has 1 aromatic carbocycles. The summed E-state index contributed by atoms with van der Waals surface area (Å²) in [5.74, 6) is 0.409. The molecular weight excluding hydrogens is 396 g/mol. The lowest BCUT2D eigenvalue weighted by atomic mass is 9.92. The molecule has 0 atom stereocenters. The van der Waals surface area contributed by atoms with Gasteiger partial charge in [0.15, 0.2) is 5.16 Å². The standard InChI is InChI=1S/C23H30N4O2S/c1-17(2)11-14-27-21(29)18-9-5-6-10-19(18)25-22(27)30-15-20(28)26-23(16-24)12-7-3-4-8-13-23/h5-6,9-10,17H,3-4,7-8,11-15H2,1-2H3,(H,26,28). The first-order valence-electron chi connectivity index (χ1n) is 10.8. The number of carbonyl (C=O) groups excluding carboxylic acids is 1. The number of nitrogens with zero attached hydrogens (tertiary/aromatic N) is 3. The fraction of sp³-hybridized carbons (Fsp3) is 0.565. The van der Waals surface area contributed by atoms with Crippen molar-refractivity contribution in [3.05, 3.63) is 34.6 Å². The van der Waals surface area contributed by atoms with E-state index in [4.69, 9.17) is 0 Å². The van der Waals surface area contributed by atoms with E-state index in [0.29, 0.717) is 41.4 Å². The van der Waals surface area contributed by atoms with Gasteiger partial charge in [-0.2, -0.15) is 5.26 Å². The lowest BCUT2D eigenvalue weighted by Gasteiger charge is -2.26. The van der Waals surface area contributed by atoms with Crippen LogP contribution in [0, 0.1) is 17.2 Å². The molecule has 160 valence electrons. The second kappa shape index (κ2) is 10.1. The zero-order valence-electron chi connectivity index (χ0n) is 17.8. The van der Waals surface area contributed by atoms with E-state index in [1.165, 1.54) is 11.8 Å². The van der Waals surface area contributed by atoms with Gasteiger partial charge in [-0.3, -0.25) is 14.2 Å². The number of hydrogen-bond acceptors (Lipinski definition) is 5. The van der Waals surface area contributed by atoms with Gasteiger partial charge in [0, 0.05) is 6.54 Å². The molecule has 2 aromatic rings. The van der Waals surface area contributed by atoms with E-state index in [9.17, 15) is 14.9 Å². The third-order valence-corrected chi connectivity index (χ3v) is 6.62. The molecule has 1 amide bonds. The van der Waals surface area contributed by atoms with Crippen molar-refractivity contribution in [3.8, 4) is 6.07 Å². The van der Waals surface area contributed by atoms with E-state index in [-0.39, 0.29) is 17.2 Å². The second-order valence-corrected chi connectivity index (χ2v) is 9.44. The Morgan fingerprint density at radius 2 is 1.97 bits per heavy atom. The molecule has 0 spiro atoms. The molecule has 1 N–H and O–H groups in total. The summed E-state index contributed by atoms with van der Waals surface area (Å²) in [7, 11) is 0. The quantitative estimate of drug-likeness (QED) is 0.406. The van der Waals surface area contributed by atoms with Crippen molar-refractivity contribution in [2.45, 2.75) is 76.0 Å². The Hall–Kier alpha value is -2.33. The Bertz CT molecular complexity index is 985. The summed E-state index contributed by atoms with van der Waals surface area (Å²) in [4.78, 5) is 30.4. The minimum Gasteiger partial charge on any atom is -0.337 e. The largest absolute Gasteiger partial charge is 0.337 e. The highest BCUT2D eigenvalue weighted by Gasteiger charge is 2.32. The van der Waals surface area contributed by atoms with E-state index in [0.717, 1.165) is 32.1 Å². The van der Waals surface area contributed by atoms with Crippen LogP contribution < -0.4 is 10.9 Å². The minimum absolute atomic E-state index is 0.0681. The Morgan fingerprint density at radius 1 is 1.27 bits per heavy atom. The van der Waals surface area contributed by atoms with Crippen LogP contribution in [0.15, 0.2) is 34.2 Å². The number of aromatic nitrogens is 2. The molecule has 0 bridgehead atoms. The third kappa shape index (κ3) is 5.42. The number of carbonyl (C=O) groups is 1. The predicted molar refractivity (Wildman–Crippen MR) is 120 cm³/mol. The second-order valence-electron chi connectivity index (χ2n) is 8.50. The molecule has 0 aliphatic heterocycles. The van der Waals surface area contributed by atoms with Crippen molar-refractivity contribution < 1.29 is 4.79 Å². The van der Waals surface area contributed by atoms with Crippen LogP contribution in [0.1, 0.15) is 58.8 Å². The van der Waals surface area contributed by atoms with Gasteiger partial charge in [-0.15, -0.1) is 0 Å². The number of para-hydroxylation sites is 1. The number of fused-ring (bicyclic) bond motifs is 1. The molecule has 1 saturated carbocycles. The number of benzene rings is 1. The molecule has 0 unspecified atom stereocenters. The third-order valence-electron chi connectivity index (χ3n) is 5.64. The van der Waals surface area contributed by atoms with Gasteiger partial charge in [-0.25, -0.2) is 4.98 Å². The maximum Gasteiger partial charge on any atom is 0.262 e. The van der Waals surface area contributed by atoms with Crippen molar-refractivity contribution in [1.82, 2.24) is 14.9 Å². The Balaban J connectivity index is 1.78. The number of nitriles is 1. The molecule has 3 rings (SSSR count). The zero-order valence-corrected chi connectivity index (χ0v) is 18.6. The summed E-state index contributed by atoms with van der Waals surface area (Å²) in [5, 5.41) is 13.8. The maximum absolute atomic E-state index is 13.0. The van der Waals surface area contributed by atoms with Crippen molar-refractivity contribution in [1.29, 1.82) is 5.26 Å². The van der Waals surface area contributed by atoms with Gasteiger partial charge in [0.25, 0.3) is 5.56 Å². The lowest BCUT2D eigenvalue weighted by Crippen LogP contribution is -2.47. The first kappa shape index (κ1) is 22.4. The van der Waals surface area contributed by atoms with Gasteiger partial charge in [0.2, 0.25) is 5.91 Å². The molecular formula is C23H30N4O2S. The Kier molecular flexibility index (Phi) is 7.54. The molecule has 30 heavy (non-hydrogen) atoms. The summed E-state index contributed by atoms with van der Waals surface area (Å²) >= 11 is 1.27. The van der Waals surface area contributed by atoms with Crippen LogP contribution in [-0.2, 0) is 11.3 Å². The van der Waals surface area contributed by atoms with Crippen LogP contribution in [0.2, 0.25) is 0 Å². The first-order chi connectivity index (χ1) is 14.4. The fourth-order valence-electron chi connectivity index (χ4n) is 3.87. The minimum atomic E-state index is -0.762. The number of rotatable bonds is 7. The van der Waals surface area contributed by atoms with Crippen molar-refractivity contribution in [3.63, 3.8) is 0 Å². The monoisotopic (exact) mass is 426 g/mol. The highest BCUT2D eigenvalue weighted by Crippen LogP contribution is 2.27. The molecule has 0 saturated heterocycles. The average Bonchev–Trinajstić information content (AvgIpc) is 2.97. The highest BCUT2D eigenvalue weighted by molar-refractivity contribution is 7.99. The van der Waals surface area contributed by atoms with E-state index < -0.39 is 5.54 Å². The van der Waals surface area contributed by atoms with Crippen LogP contribution in [0.4, 0.5) is 0 Å². The molecule has 6 nitrogen and oxygen atoms in total. The van der Waals surface area contributed by atoms with Gasteiger partial charge in [-0.05, 0) is 37.3 Å². The van der Waals surface area contributed by atoms with Gasteiger partial charge in [0.05, 0.1) is 22.7 Å². The van der Waals surface area contributed by atoms with Crippen molar-refractivity contribution in [2.24, 2.45) is 5.92 Å². The maximum atomic E-state index is 13.0. The number of thioether (sulfide) groups is 1. The van der Waals surface area contributed by atoms with Crippen molar-refractivity contribution in [2.75, 3.05) is 5.75 Å². The van der Waals surface area contributed by atoms with E-state index >= 15 is 0 Å². The molecule has 1 fully saturated rings. The molecule has 0 radical (unpaired) electrons. The highest BCUT2D eigenvalue weighted by atomic mass is 32.2. The van der Waals surface area contributed by atoms with E-state index in [1.54, 1.807) is 10.6 Å². The molecule has 1 heterocycles. The summed E-state index contributed by atoms with van der Waals surface area (Å²) in [6, 6.07) is 9.67. The SMILES string of the molecule is CC(C)CCn1c(SCC(=O)NC2(C#N)CCCCCC2)nc2ccccc2c1=O. The molecule has 1 aromatic heterocycles. The van der Waals surface area contributed by atoms with E-state index in [1.807, 2.05) is 18.2 Å². The normalized spacial score (nSPS) is 16.2. The molecule has 1 aliphatic rings. The number of hydrogen-bond donors (Lipinski definition) is 1. The number of amides is 1. The summed E-state index contributed by atoms with van der Waals surface area (Å²) < 4.78 is 1.69. The van der Waals surface area contributed by atoms with Gasteiger partial charge >= 0.3 is 0 Å². The van der Waals surface area contributed by atoms with Crippen LogP contribution in [0.5, 0.6) is 0 Å². The van der Waals surface area contributed by atoms with Crippen LogP contribution in [-0.4, -0.2) is 26.8 Å². The lowest BCUT2D eigenvalue weighted by molar-refractivity contribution is -0.120. The number of nitrogens with one attached hydrogen (secondary N) is 1. The Morgan fingerprint density at radius 3 is 2.63 bits per heavy atom. The van der Waals surface area contributed by atoms with Gasteiger partial charge < -0.3 is 5.32 Å². The predicted octanol–water partition coefficient (Wildman–Crippen LogP) is 4.27. The first-order valence-corrected chi connectivity index (χ1v) is 11.8. The van der Waals surface area contributed by atoms with E-state index in [2.05, 4.69) is 30.2 Å². The Labute approximate surface area is 182 Å². The average molecular weight is 427 g/mol. The van der Waals surface area contributed by atoms with Gasteiger partial charge in [0.1, 0.15) is 5.54 Å². The smallest absolute Gasteiger partial charge is 0.262 e.